The van der Waals surface area contributed by atoms with Crippen LogP contribution in [0.1, 0.15) is 0 Å². The highest BCUT2D eigenvalue weighted by Crippen LogP contribution is 2.33. The van der Waals surface area contributed by atoms with Crippen molar-refractivity contribution in [1.82, 2.24) is 15.0 Å². The first-order chi connectivity index (χ1) is 8.40. The molecule has 1 radical (unpaired) electrons. The topological polar surface area (TPSA) is 61.0 Å². The number of benzene rings is 1. The molecule has 0 bridgehead atoms. The summed E-state index contributed by atoms with van der Waals surface area (Å²) in [6.45, 7) is 0. The van der Waals surface area contributed by atoms with Gasteiger partial charge in [0.15, 0.2) is 22.7 Å². The second kappa shape index (κ2) is 3.86. The van der Waals surface area contributed by atoms with Crippen LogP contribution in [0.2, 0.25) is 0 Å². The molecule has 1 aromatic carbocycles. The van der Waals surface area contributed by atoms with E-state index in [1.165, 1.54) is 0 Å². The molecular weight excluding hydrogens is 218 g/mol. The van der Waals surface area contributed by atoms with Gasteiger partial charge in [0.05, 0.1) is 12.7 Å². The second-order valence-electron chi connectivity index (χ2n) is 3.37. The van der Waals surface area contributed by atoms with Crippen molar-refractivity contribution < 1.29 is 9.15 Å². The van der Waals surface area contributed by atoms with Crippen molar-refractivity contribution in [2.75, 3.05) is 7.11 Å². The quantitative estimate of drug-likeness (QED) is 0.669. The third-order valence-corrected chi connectivity index (χ3v) is 2.42. The lowest BCUT2D eigenvalue weighted by atomic mass is 10.1. The maximum absolute atomic E-state index is 5.35. The van der Waals surface area contributed by atoms with Crippen molar-refractivity contribution >= 4 is 11.1 Å². The molecule has 0 N–H and O–H groups in total. The number of ether oxygens (including phenoxy) is 1. The van der Waals surface area contributed by atoms with Crippen molar-refractivity contribution in [3.63, 3.8) is 0 Å². The van der Waals surface area contributed by atoms with Crippen LogP contribution in [0.4, 0.5) is 0 Å². The average molecular weight is 226 g/mol. The summed E-state index contributed by atoms with van der Waals surface area (Å²) in [4.78, 5) is 12.4. The van der Waals surface area contributed by atoms with Gasteiger partial charge in [-0.25, -0.2) is 15.0 Å². The van der Waals surface area contributed by atoms with Crippen LogP contribution in [0.25, 0.3) is 22.5 Å². The third-order valence-electron chi connectivity index (χ3n) is 2.42. The van der Waals surface area contributed by atoms with E-state index in [9.17, 15) is 0 Å². The van der Waals surface area contributed by atoms with Crippen LogP contribution in [0.3, 0.4) is 0 Å². The van der Waals surface area contributed by atoms with E-state index in [1.54, 1.807) is 31.6 Å². The monoisotopic (exact) mass is 226 g/mol. The number of hydrogen-bond acceptors (Lipinski definition) is 5. The first-order valence-corrected chi connectivity index (χ1v) is 5.01. The van der Waals surface area contributed by atoms with E-state index in [1.807, 2.05) is 6.07 Å². The summed E-state index contributed by atoms with van der Waals surface area (Å²) in [6, 6.07) is 5.40. The SMILES string of the molecule is COc1c(-c2ncccn2)ccc2o[c]nc12. The highest BCUT2D eigenvalue weighted by atomic mass is 16.5. The number of rotatable bonds is 2. The standard InChI is InChI=1S/C12H8N3O2/c1-16-11-8(12-13-5-2-6-14-12)3-4-9-10(11)15-7-17-9/h2-6H,1H3. The molecule has 5 nitrogen and oxygen atoms in total. The first-order valence-electron chi connectivity index (χ1n) is 5.01. The fourth-order valence-electron chi connectivity index (χ4n) is 1.68. The molecule has 0 saturated carbocycles. The Hall–Kier alpha value is -2.43. The highest BCUT2D eigenvalue weighted by Gasteiger charge is 2.14. The van der Waals surface area contributed by atoms with Gasteiger partial charge in [0.2, 0.25) is 0 Å². The van der Waals surface area contributed by atoms with Crippen LogP contribution in [0, 0.1) is 6.39 Å². The van der Waals surface area contributed by atoms with Crippen molar-refractivity contribution in [1.29, 1.82) is 0 Å². The van der Waals surface area contributed by atoms with Gasteiger partial charge < -0.3 is 9.15 Å². The summed E-state index contributed by atoms with van der Waals surface area (Å²) in [7, 11) is 1.58. The van der Waals surface area contributed by atoms with Gasteiger partial charge in [-0.3, -0.25) is 0 Å². The molecule has 3 aromatic rings. The summed E-state index contributed by atoms with van der Waals surface area (Å²) < 4.78 is 10.4. The normalized spacial score (nSPS) is 10.6. The molecule has 0 aliphatic rings. The van der Waals surface area contributed by atoms with Crippen LogP contribution < -0.4 is 4.74 Å². The number of fused-ring (bicyclic) bond motifs is 1. The Labute approximate surface area is 97.1 Å². The van der Waals surface area contributed by atoms with Crippen molar-refractivity contribution in [3.8, 4) is 17.1 Å². The van der Waals surface area contributed by atoms with E-state index in [2.05, 4.69) is 21.3 Å². The Balaban J connectivity index is 2.29. The van der Waals surface area contributed by atoms with E-state index in [4.69, 9.17) is 9.15 Å². The predicted molar refractivity (Wildman–Crippen MR) is 60.4 cm³/mol. The summed E-state index contributed by atoms with van der Waals surface area (Å²) >= 11 is 0. The largest absolute Gasteiger partial charge is 0.494 e. The molecule has 0 fully saturated rings. The zero-order valence-corrected chi connectivity index (χ0v) is 9.04. The number of oxazole rings is 1. The van der Waals surface area contributed by atoms with Gasteiger partial charge in [0, 0.05) is 12.4 Å². The number of methoxy groups -OCH3 is 1. The number of nitrogens with zero attached hydrogens (tertiary/aromatic N) is 3. The van der Waals surface area contributed by atoms with E-state index >= 15 is 0 Å². The predicted octanol–water partition coefficient (Wildman–Crippen LogP) is 2.09. The zero-order valence-electron chi connectivity index (χ0n) is 9.04. The minimum absolute atomic E-state index is 0.592. The van der Waals surface area contributed by atoms with Gasteiger partial charge in [0.25, 0.3) is 6.39 Å². The molecule has 0 aliphatic heterocycles. The van der Waals surface area contributed by atoms with Crippen LogP contribution >= 0.6 is 0 Å². The molecule has 0 aliphatic carbocycles. The van der Waals surface area contributed by atoms with Gasteiger partial charge in [-0.05, 0) is 18.2 Å². The summed E-state index contributed by atoms with van der Waals surface area (Å²) in [5, 5.41) is 0. The van der Waals surface area contributed by atoms with E-state index in [-0.39, 0.29) is 0 Å². The molecule has 83 valence electrons. The maximum Gasteiger partial charge on any atom is 0.284 e. The van der Waals surface area contributed by atoms with Crippen LogP contribution in [0.15, 0.2) is 35.0 Å². The molecule has 2 heterocycles. The Kier molecular flexibility index (Phi) is 2.22. The summed E-state index contributed by atoms with van der Waals surface area (Å²) in [5.74, 6) is 1.19. The van der Waals surface area contributed by atoms with Crippen LogP contribution in [0.5, 0.6) is 5.75 Å². The molecule has 0 amide bonds. The smallest absolute Gasteiger partial charge is 0.284 e. The minimum Gasteiger partial charge on any atom is -0.494 e. The van der Waals surface area contributed by atoms with E-state index in [0.29, 0.717) is 22.7 Å². The third kappa shape index (κ3) is 1.52. The molecule has 17 heavy (non-hydrogen) atoms. The van der Waals surface area contributed by atoms with Crippen LogP contribution in [-0.2, 0) is 0 Å². The lowest BCUT2D eigenvalue weighted by Gasteiger charge is -2.06. The van der Waals surface area contributed by atoms with Crippen LogP contribution in [-0.4, -0.2) is 22.1 Å². The molecule has 0 atom stereocenters. The molecule has 0 saturated heterocycles. The van der Waals surface area contributed by atoms with Crippen molar-refractivity contribution in [3.05, 3.63) is 37.0 Å². The van der Waals surface area contributed by atoms with Crippen molar-refractivity contribution in [2.24, 2.45) is 0 Å². The van der Waals surface area contributed by atoms with E-state index < -0.39 is 0 Å². The Morgan fingerprint density at radius 2 is 2.06 bits per heavy atom. The lowest BCUT2D eigenvalue weighted by Crippen LogP contribution is -1.93. The number of aromatic nitrogens is 3. The zero-order chi connectivity index (χ0) is 11.7. The molecule has 3 rings (SSSR count). The average Bonchev–Trinajstić information content (AvgIpc) is 2.86. The summed E-state index contributed by atoms with van der Waals surface area (Å²) in [6.07, 6.45) is 5.81. The lowest BCUT2D eigenvalue weighted by molar-refractivity contribution is 0.420. The van der Waals surface area contributed by atoms with Gasteiger partial charge in [-0.2, -0.15) is 0 Å². The molecule has 0 unspecified atom stereocenters. The van der Waals surface area contributed by atoms with Crippen molar-refractivity contribution in [2.45, 2.75) is 0 Å². The minimum atomic E-state index is 0.592. The molecule has 2 aromatic heterocycles. The fourth-order valence-corrected chi connectivity index (χ4v) is 1.68. The maximum atomic E-state index is 5.35. The number of hydrogen-bond donors (Lipinski definition) is 0. The Morgan fingerprint density at radius 3 is 2.82 bits per heavy atom. The Bertz CT molecular complexity index is 649. The Morgan fingerprint density at radius 1 is 1.24 bits per heavy atom. The summed E-state index contributed by atoms with van der Waals surface area (Å²) in [5.41, 5.74) is 2.03. The molecular formula is C12H8N3O2. The van der Waals surface area contributed by atoms with Gasteiger partial charge in [-0.1, -0.05) is 0 Å². The second-order valence-corrected chi connectivity index (χ2v) is 3.37. The van der Waals surface area contributed by atoms with Gasteiger partial charge in [0.1, 0.15) is 0 Å². The first kappa shape index (κ1) is 9.77. The van der Waals surface area contributed by atoms with Gasteiger partial charge in [-0.15, -0.1) is 0 Å². The molecule has 0 spiro atoms. The fraction of sp³-hybridized carbons (Fsp3) is 0.0833. The van der Waals surface area contributed by atoms with Gasteiger partial charge >= 0.3 is 0 Å². The van der Waals surface area contributed by atoms with E-state index in [0.717, 1.165) is 5.56 Å². The molecule has 5 heteroatoms. The highest BCUT2D eigenvalue weighted by molar-refractivity contribution is 5.87.